The van der Waals surface area contributed by atoms with Gasteiger partial charge in [0.2, 0.25) is 5.91 Å². The summed E-state index contributed by atoms with van der Waals surface area (Å²) in [6.45, 7) is 7.07. The third-order valence-corrected chi connectivity index (χ3v) is 6.00. The van der Waals surface area contributed by atoms with Gasteiger partial charge >= 0.3 is 0 Å². The van der Waals surface area contributed by atoms with Gasteiger partial charge in [-0.25, -0.2) is 0 Å². The van der Waals surface area contributed by atoms with Gasteiger partial charge in [-0.2, -0.15) is 0 Å². The fourth-order valence-electron chi connectivity index (χ4n) is 2.73. The predicted octanol–water partition coefficient (Wildman–Crippen LogP) is 4.99. The van der Waals surface area contributed by atoms with Crippen molar-refractivity contribution >= 4 is 39.3 Å². The molecule has 29 heavy (non-hydrogen) atoms. The van der Waals surface area contributed by atoms with Gasteiger partial charge < -0.3 is 14.6 Å². The van der Waals surface area contributed by atoms with Gasteiger partial charge in [0.15, 0.2) is 11.0 Å². The molecule has 3 aromatic rings. The molecule has 2 aromatic carbocycles. The van der Waals surface area contributed by atoms with E-state index in [9.17, 15) is 4.79 Å². The highest BCUT2D eigenvalue weighted by Crippen LogP contribution is 2.22. The molecule has 1 N–H and O–H groups in total. The van der Waals surface area contributed by atoms with Gasteiger partial charge in [-0.3, -0.25) is 4.79 Å². The van der Waals surface area contributed by atoms with E-state index in [1.54, 1.807) is 0 Å². The Morgan fingerprint density at radius 3 is 2.66 bits per heavy atom. The van der Waals surface area contributed by atoms with Gasteiger partial charge in [0.1, 0.15) is 12.4 Å². The Hall–Kier alpha value is -2.32. The number of aryl methyl sites for hydroxylation is 1. The molecular formula is C21H23BrN4O2S. The zero-order chi connectivity index (χ0) is 20.8. The molecule has 0 unspecified atom stereocenters. The molecule has 0 aliphatic rings. The van der Waals surface area contributed by atoms with Crippen molar-refractivity contribution < 1.29 is 9.53 Å². The van der Waals surface area contributed by atoms with Crippen molar-refractivity contribution in [1.29, 1.82) is 0 Å². The Morgan fingerprint density at radius 2 is 1.93 bits per heavy atom. The number of aromatic nitrogens is 3. The van der Waals surface area contributed by atoms with Gasteiger partial charge in [0, 0.05) is 16.7 Å². The van der Waals surface area contributed by atoms with E-state index in [4.69, 9.17) is 4.74 Å². The number of benzene rings is 2. The number of anilines is 1. The largest absolute Gasteiger partial charge is 0.486 e. The zero-order valence-electron chi connectivity index (χ0n) is 16.6. The maximum Gasteiger partial charge on any atom is 0.234 e. The number of hydrogen-bond donors (Lipinski definition) is 1. The van der Waals surface area contributed by atoms with E-state index in [1.807, 2.05) is 67.8 Å². The lowest BCUT2D eigenvalue weighted by Gasteiger charge is -2.11. The first-order chi connectivity index (χ1) is 14.0. The minimum atomic E-state index is -0.0676. The molecule has 8 heteroatoms. The standard InChI is InChI=1S/C21H23BrN4O2S/c1-4-26-19(12-28-17-10-8-16(22)9-11-17)24-25-21(26)29-13-20(27)23-18-7-5-6-14(2)15(18)3/h5-11H,4,12-13H2,1-3H3,(H,23,27). The van der Waals surface area contributed by atoms with Crippen LogP contribution in [-0.4, -0.2) is 26.4 Å². The van der Waals surface area contributed by atoms with Crippen LogP contribution in [0.4, 0.5) is 5.69 Å². The van der Waals surface area contributed by atoms with Crippen LogP contribution in [0.2, 0.25) is 0 Å². The van der Waals surface area contributed by atoms with Gasteiger partial charge in [0.05, 0.1) is 5.75 Å². The molecule has 0 saturated carbocycles. The Morgan fingerprint density at radius 1 is 1.17 bits per heavy atom. The van der Waals surface area contributed by atoms with E-state index in [0.29, 0.717) is 18.3 Å². The molecule has 0 bridgehead atoms. The topological polar surface area (TPSA) is 69.0 Å². The van der Waals surface area contributed by atoms with Gasteiger partial charge in [-0.15, -0.1) is 10.2 Å². The van der Waals surface area contributed by atoms with E-state index in [2.05, 4.69) is 31.4 Å². The molecule has 0 atom stereocenters. The molecule has 1 heterocycles. The summed E-state index contributed by atoms with van der Waals surface area (Å²) < 4.78 is 8.77. The van der Waals surface area contributed by atoms with Crippen LogP contribution in [0, 0.1) is 13.8 Å². The average molecular weight is 475 g/mol. The number of amides is 1. The van der Waals surface area contributed by atoms with Crippen LogP contribution >= 0.6 is 27.7 Å². The van der Waals surface area contributed by atoms with Crippen LogP contribution in [0.1, 0.15) is 23.9 Å². The van der Waals surface area contributed by atoms with E-state index in [1.165, 1.54) is 11.8 Å². The maximum atomic E-state index is 12.4. The van der Waals surface area contributed by atoms with E-state index in [-0.39, 0.29) is 11.7 Å². The lowest BCUT2D eigenvalue weighted by Crippen LogP contribution is -2.16. The van der Waals surface area contributed by atoms with Crippen molar-refractivity contribution in [3.05, 3.63) is 63.9 Å². The van der Waals surface area contributed by atoms with Gasteiger partial charge in [0.25, 0.3) is 0 Å². The van der Waals surface area contributed by atoms with Crippen molar-refractivity contribution in [2.45, 2.75) is 39.1 Å². The lowest BCUT2D eigenvalue weighted by atomic mass is 10.1. The fraction of sp³-hybridized carbons (Fsp3) is 0.286. The predicted molar refractivity (Wildman–Crippen MR) is 119 cm³/mol. The molecule has 152 valence electrons. The smallest absolute Gasteiger partial charge is 0.234 e. The van der Waals surface area contributed by atoms with Crippen LogP contribution < -0.4 is 10.1 Å². The average Bonchev–Trinajstić information content (AvgIpc) is 3.11. The highest BCUT2D eigenvalue weighted by molar-refractivity contribution is 9.10. The molecule has 3 rings (SSSR count). The Labute approximate surface area is 183 Å². The molecule has 0 fully saturated rings. The molecule has 1 amide bonds. The Bertz CT molecular complexity index is 989. The number of nitrogens with one attached hydrogen (secondary N) is 1. The van der Waals surface area contributed by atoms with Gasteiger partial charge in [-0.05, 0) is 62.2 Å². The summed E-state index contributed by atoms with van der Waals surface area (Å²) in [5, 5.41) is 12.1. The van der Waals surface area contributed by atoms with Crippen LogP contribution in [0.3, 0.4) is 0 Å². The molecule has 0 aliphatic heterocycles. The SMILES string of the molecule is CCn1c(COc2ccc(Br)cc2)nnc1SCC(=O)Nc1cccc(C)c1C. The summed E-state index contributed by atoms with van der Waals surface area (Å²) >= 11 is 4.78. The first-order valence-corrected chi connectivity index (χ1v) is 11.0. The number of thioether (sulfide) groups is 1. The number of ether oxygens (including phenoxy) is 1. The van der Waals surface area contributed by atoms with Crippen LogP contribution in [0.25, 0.3) is 0 Å². The molecule has 0 spiro atoms. The number of nitrogens with zero attached hydrogens (tertiary/aromatic N) is 3. The first kappa shape index (κ1) is 21.4. The van der Waals surface area contributed by atoms with Crippen molar-refractivity contribution in [2.75, 3.05) is 11.1 Å². The normalized spacial score (nSPS) is 10.8. The van der Waals surface area contributed by atoms with Gasteiger partial charge in [-0.1, -0.05) is 39.8 Å². The summed E-state index contributed by atoms with van der Waals surface area (Å²) in [6.07, 6.45) is 0. The minimum absolute atomic E-state index is 0.0676. The third-order valence-electron chi connectivity index (χ3n) is 4.50. The lowest BCUT2D eigenvalue weighted by molar-refractivity contribution is -0.113. The third kappa shape index (κ3) is 5.61. The molecule has 1 aromatic heterocycles. The van der Waals surface area contributed by atoms with E-state index in [0.717, 1.165) is 32.9 Å². The number of carbonyl (C=O) groups excluding carboxylic acids is 1. The highest BCUT2D eigenvalue weighted by atomic mass is 79.9. The molecule has 6 nitrogen and oxygen atoms in total. The molecule has 0 radical (unpaired) electrons. The van der Waals surface area contributed by atoms with Crippen molar-refractivity contribution in [3.8, 4) is 5.75 Å². The quantitative estimate of drug-likeness (QED) is 0.465. The maximum absolute atomic E-state index is 12.4. The first-order valence-electron chi connectivity index (χ1n) is 9.27. The molecule has 0 saturated heterocycles. The Balaban J connectivity index is 1.58. The number of carbonyl (C=O) groups is 1. The van der Waals surface area contributed by atoms with Crippen LogP contribution in [0.15, 0.2) is 52.1 Å². The molecular weight excluding hydrogens is 452 g/mol. The monoisotopic (exact) mass is 474 g/mol. The van der Waals surface area contributed by atoms with E-state index < -0.39 is 0 Å². The zero-order valence-corrected chi connectivity index (χ0v) is 19.0. The number of rotatable bonds is 8. The highest BCUT2D eigenvalue weighted by Gasteiger charge is 2.14. The van der Waals surface area contributed by atoms with E-state index >= 15 is 0 Å². The Kier molecular flexibility index (Phi) is 7.33. The van der Waals surface area contributed by atoms with Crippen molar-refractivity contribution in [1.82, 2.24) is 14.8 Å². The fourth-order valence-corrected chi connectivity index (χ4v) is 3.82. The summed E-state index contributed by atoms with van der Waals surface area (Å²) in [7, 11) is 0. The van der Waals surface area contributed by atoms with Crippen LogP contribution in [0.5, 0.6) is 5.75 Å². The summed E-state index contributed by atoms with van der Waals surface area (Å²) in [6, 6.07) is 13.5. The molecule has 0 aliphatic carbocycles. The van der Waals surface area contributed by atoms with Crippen molar-refractivity contribution in [3.63, 3.8) is 0 Å². The minimum Gasteiger partial charge on any atom is -0.486 e. The number of hydrogen-bond acceptors (Lipinski definition) is 5. The van der Waals surface area contributed by atoms with Crippen LogP contribution in [-0.2, 0) is 17.9 Å². The second-order valence-electron chi connectivity index (χ2n) is 6.47. The summed E-state index contributed by atoms with van der Waals surface area (Å²) in [5.74, 6) is 1.69. The number of halogens is 1. The summed E-state index contributed by atoms with van der Waals surface area (Å²) in [4.78, 5) is 12.4. The van der Waals surface area contributed by atoms with Crippen molar-refractivity contribution in [2.24, 2.45) is 0 Å². The second-order valence-corrected chi connectivity index (χ2v) is 8.33. The summed E-state index contributed by atoms with van der Waals surface area (Å²) in [5.41, 5.74) is 3.07. The second kappa shape index (κ2) is 9.93.